The lowest BCUT2D eigenvalue weighted by atomic mass is 10.1. The molecule has 2 atom stereocenters. The molecule has 0 aromatic heterocycles. The van der Waals surface area contributed by atoms with E-state index in [1.165, 1.54) is 5.56 Å². The fourth-order valence-electron chi connectivity index (χ4n) is 1.76. The number of hydrogen-bond donors (Lipinski definition) is 1. The van der Waals surface area contributed by atoms with Gasteiger partial charge >= 0.3 is 0 Å². The molecule has 0 saturated heterocycles. The Bertz CT molecular complexity index is 348. The lowest BCUT2D eigenvalue weighted by molar-refractivity contribution is -0.384. The molecule has 1 aromatic carbocycles. The van der Waals surface area contributed by atoms with Gasteiger partial charge in [0.1, 0.15) is 0 Å². The molecule has 1 aromatic rings. The van der Waals surface area contributed by atoms with Crippen molar-refractivity contribution in [2.24, 2.45) is 11.7 Å². The van der Waals surface area contributed by atoms with Gasteiger partial charge in [0.15, 0.2) is 0 Å². The Morgan fingerprint density at radius 2 is 2.07 bits per heavy atom. The molecule has 1 saturated carbocycles. The van der Waals surface area contributed by atoms with Crippen molar-refractivity contribution in [3.05, 3.63) is 39.9 Å². The standard InChI is InChI=1S/C10H12N2O2/c11-6-8-5-10(8)7-1-3-9(4-2-7)12(13)14/h1-4,8,10H,5-6,11H2. The van der Waals surface area contributed by atoms with Crippen molar-refractivity contribution in [3.63, 3.8) is 0 Å². The van der Waals surface area contributed by atoms with E-state index in [1.54, 1.807) is 12.1 Å². The van der Waals surface area contributed by atoms with E-state index in [9.17, 15) is 10.1 Å². The number of non-ortho nitro benzene ring substituents is 1. The van der Waals surface area contributed by atoms with E-state index in [-0.39, 0.29) is 10.6 Å². The number of nitro benzene ring substituents is 1. The maximum absolute atomic E-state index is 10.4. The van der Waals surface area contributed by atoms with Crippen molar-refractivity contribution in [3.8, 4) is 0 Å². The Kier molecular flexibility index (Phi) is 2.21. The zero-order valence-corrected chi connectivity index (χ0v) is 7.72. The largest absolute Gasteiger partial charge is 0.330 e. The summed E-state index contributed by atoms with van der Waals surface area (Å²) < 4.78 is 0. The molecule has 0 aliphatic heterocycles. The molecular weight excluding hydrogens is 180 g/mol. The SMILES string of the molecule is NCC1CC1c1ccc([N+](=O)[O-])cc1. The second kappa shape index (κ2) is 3.38. The summed E-state index contributed by atoms with van der Waals surface area (Å²) in [6, 6.07) is 6.78. The minimum atomic E-state index is -0.378. The summed E-state index contributed by atoms with van der Waals surface area (Å²) >= 11 is 0. The third kappa shape index (κ3) is 1.61. The second-order valence-electron chi connectivity index (χ2n) is 3.69. The zero-order chi connectivity index (χ0) is 10.1. The van der Waals surface area contributed by atoms with Gasteiger partial charge in [-0.2, -0.15) is 0 Å². The average Bonchev–Trinajstić information content (AvgIpc) is 2.97. The van der Waals surface area contributed by atoms with Gasteiger partial charge in [0.25, 0.3) is 5.69 Å². The first kappa shape index (κ1) is 9.15. The van der Waals surface area contributed by atoms with Crippen molar-refractivity contribution < 1.29 is 4.92 Å². The van der Waals surface area contributed by atoms with Crippen LogP contribution in [0.1, 0.15) is 17.9 Å². The molecule has 14 heavy (non-hydrogen) atoms. The molecule has 2 rings (SSSR count). The molecule has 0 spiro atoms. The molecule has 4 nitrogen and oxygen atoms in total. The van der Waals surface area contributed by atoms with E-state index in [1.807, 2.05) is 12.1 Å². The van der Waals surface area contributed by atoms with E-state index in [0.29, 0.717) is 18.4 Å². The van der Waals surface area contributed by atoms with Gasteiger partial charge in [-0.1, -0.05) is 12.1 Å². The summed E-state index contributed by atoms with van der Waals surface area (Å²) in [5.41, 5.74) is 6.86. The minimum Gasteiger partial charge on any atom is -0.330 e. The Balaban J connectivity index is 2.11. The van der Waals surface area contributed by atoms with E-state index >= 15 is 0 Å². The topological polar surface area (TPSA) is 69.2 Å². The smallest absolute Gasteiger partial charge is 0.269 e. The summed E-state index contributed by atoms with van der Waals surface area (Å²) in [7, 11) is 0. The second-order valence-corrected chi connectivity index (χ2v) is 3.69. The number of nitro groups is 1. The highest BCUT2D eigenvalue weighted by Gasteiger charge is 2.36. The summed E-state index contributed by atoms with van der Waals surface area (Å²) in [5, 5.41) is 10.4. The van der Waals surface area contributed by atoms with Crippen molar-refractivity contribution in [1.29, 1.82) is 0 Å². The van der Waals surface area contributed by atoms with Crippen LogP contribution in [-0.4, -0.2) is 11.5 Å². The Hall–Kier alpha value is -1.42. The summed E-state index contributed by atoms with van der Waals surface area (Å²) in [6.07, 6.45) is 1.12. The van der Waals surface area contributed by atoms with E-state index in [2.05, 4.69) is 0 Å². The summed E-state index contributed by atoms with van der Waals surface area (Å²) in [4.78, 5) is 10.0. The predicted octanol–water partition coefficient (Wildman–Crippen LogP) is 1.66. The number of benzene rings is 1. The van der Waals surface area contributed by atoms with Crippen LogP contribution in [0.25, 0.3) is 0 Å². The van der Waals surface area contributed by atoms with Crippen LogP contribution < -0.4 is 5.73 Å². The van der Waals surface area contributed by atoms with Gasteiger partial charge in [0.2, 0.25) is 0 Å². The number of nitrogens with two attached hydrogens (primary N) is 1. The zero-order valence-electron chi connectivity index (χ0n) is 7.72. The van der Waals surface area contributed by atoms with Crippen LogP contribution in [0.3, 0.4) is 0 Å². The molecule has 1 aliphatic rings. The molecule has 4 heteroatoms. The van der Waals surface area contributed by atoms with Gasteiger partial charge in [-0.05, 0) is 30.4 Å². The highest BCUT2D eigenvalue weighted by Crippen LogP contribution is 2.46. The highest BCUT2D eigenvalue weighted by molar-refractivity contribution is 5.36. The van der Waals surface area contributed by atoms with Gasteiger partial charge in [0.05, 0.1) is 4.92 Å². The molecule has 0 radical (unpaired) electrons. The van der Waals surface area contributed by atoms with Crippen molar-refractivity contribution in [2.75, 3.05) is 6.54 Å². The molecule has 0 heterocycles. The fourth-order valence-corrected chi connectivity index (χ4v) is 1.76. The van der Waals surface area contributed by atoms with E-state index < -0.39 is 0 Å². The fraction of sp³-hybridized carbons (Fsp3) is 0.400. The summed E-state index contributed by atoms with van der Waals surface area (Å²) in [5.74, 6) is 1.11. The first-order chi connectivity index (χ1) is 6.72. The van der Waals surface area contributed by atoms with Crippen molar-refractivity contribution >= 4 is 5.69 Å². The van der Waals surface area contributed by atoms with Crippen LogP contribution in [0.2, 0.25) is 0 Å². The third-order valence-electron chi connectivity index (χ3n) is 2.76. The maximum atomic E-state index is 10.4. The monoisotopic (exact) mass is 192 g/mol. The molecule has 0 amide bonds. The van der Waals surface area contributed by atoms with Crippen LogP contribution >= 0.6 is 0 Å². The quantitative estimate of drug-likeness (QED) is 0.584. The minimum absolute atomic E-state index is 0.152. The van der Waals surface area contributed by atoms with Crippen LogP contribution in [0.4, 0.5) is 5.69 Å². The normalized spacial score (nSPS) is 24.6. The van der Waals surface area contributed by atoms with E-state index in [0.717, 1.165) is 6.42 Å². The summed E-state index contributed by atoms with van der Waals surface area (Å²) in [6.45, 7) is 0.710. The third-order valence-corrected chi connectivity index (χ3v) is 2.76. The van der Waals surface area contributed by atoms with Gasteiger partial charge in [-0.15, -0.1) is 0 Å². The first-order valence-corrected chi connectivity index (χ1v) is 4.67. The highest BCUT2D eigenvalue weighted by atomic mass is 16.6. The van der Waals surface area contributed by atoms with Crippen LogP contribution in [0.5, 0.6) is 0 Å². The average molecular weight is 192 g/mol. The molecule has 1 aliphatic carbocycles. The van der Waals surface area contributed by atoms with Gasteiger partial charge in [-0.3, -0.25) is 10.1 Å². The molecule has 74 valence electrons. The molecular formula is C10H12N2O2. The van der Waals surface area contributed by atoms with Gasteiger partial charge < -0.3 is 5.73 Å². The Morgan fingerprint density at radius 1 is 1.43 bits per heavy atom. The Labute approximate surface area is 81.9 Å². The van der Waals surface area contributed by atoms with Crippen molar-refractivity contribution in [1.82, 2.24) is 0 Å². The molecule has 1 fully saturated rings. The van der Waals surface area contributed by atoms with Crippen LogP contribution in [-0.2, 0) is 0 Å². The van der Waals surface area contributed by atoms with Gasteiger partial charge in [0, 0.05) is 12.1 Å². The molecule has 0 bridgehead atoms. The van der Waals surface area contributed by atoms with Crippen molar-refractivity contribution in [2.45, 2.75) is 12.3 Å². The van der Waals surface area contributed by atoms with Crippen LogP contribution in [0.15, 0.2) is 24.3 Å². The maximum Gasteiger partial charge on any atom is 0.269 e. The molecule has 2 unspecified atom stereocenters. The lowest BCUT2D eigenvalue weighted by Gasteiger charge is -1.98. The lowest BCUT2D eigenvalue weighted by Crippen LogP contribution is -2.01. The van der Waals surface area contributed by atoms with Gasteiger partial charge in [-0.25, -0.2) is 0 Å². The predicted molar refractivity (Wildman–Crippen MR) is 53.0 cm³/mol. The molecule has 2 N–H and O–H groups in total. The number of hydrogen-bond acceptors (Lipinski definition) is 3. The number of nitrogens with zero attached hydrogens (tertiary/aromatic N) is 1. The first-order valence-electron chi connectivity index (χ1n) is 4.67. The Morgan fingerprint density at radius 3 is 2.50 bits per heavy atom. The number of rotatable bonds is 3. The van der Waals surface area contributed by atoms with E-state index in [4.69, 9.17) is 5.73 Å². The van der Waals surface area contributed by atoms with Crippen LogP contribution in [0, 0.1) is 16.0 Å².